The van der Waals surface area contributed by atoms with Crippen LogP contribution in [0.25, 0.3) is 0 Å². The molecule has 0 saturated heterocycles. The molecule has 2 unspecified atom stereocenters. The van der Waals surface area contributed by atoms with E-state index in [0.29, 0.717) is 0 Å². The van der Waals surface area contributed by atoms with Crippen molar-refractivity contribution in [2.24, 2.45) is 0 Å². The number of hydrogen-bond donors (Lipinski definition) is 2. The first-order chi connectivity index (χ1) is 12.4. The van der Waals surface area contributed by atoms with Gasteiger partial charge in [0.2, 0.25) is 0 Å². The SMILES string of the molecule is Cc1ccc(C(C)c2cc(C(C)c3ccc(C)cc3)c(N)cc2N)cc1. The summed E-state index contributed by atoms with van der Waals surface area (Å²) in [5.41, 5.74) is 21.5. The molecule has 3 rings (SSSR count). The fourth-order valence-electron chi connectivity index (χ4n) is 3.49. The smallest absolute Gasteiger partial charge is 0.0373 e. The number of benzene rings is 3. The highest BCUT2D eigenvalue weighted by Gasteiger charge is 2.18. The summed E-state index contributed by atoms with van der Waals surface area (Å²) in [7, 11) is 0. The van der Waals surface area contributed by atoms with E-state index in [1.807, 2.05) is 6.07 Å². The molecule has 0 aliphatic carbocycles. The van der Waals surface area contributed by atoms with Gasteiger partial charge < -0.3 is 11.5 Å². The molecule has 0 fully saturated rings. The highest BCUT2D eigenvalue weighted by molar-refractivity contribution is 5.65. The maximum absolute atomic E-state index is 6.34. The minimum Gasteiger partial charge on any atom is -0.398 e. The zero-order valence-corrected chi connectivity index (χ0v) is 16.1. The highest BCUT2D eigenvalue weighted by Crippen LogP contribution is 2.36. The fourth-order valence-corrected chi connectivity index (χ4v) is 3.49. The van der Waals surface area contributed by atoms with Crippen molar-refractivity contribution in [2.45, 2.75) is 39.5 Å². The van der Waals surface area contributed by atoms with Crippen LogP contribution >= 0.6 is 0 Å². The van der Waals surface area contributed by atoms with Crippen LogP contribution in [0.15, 0.2) is 60.7 Å². The Labute approximate surface area is 156 Å². The third-order valence-corrected chi connectivity index (χ3v) is 5.38. The molecule has 0 bridgehead atoms. The van der Waals surface area contributed by atoms with Gasteiger partial charge in [-0.05, 0) is 42.2 Å². The molecular weight excluding hydrogens is 316 g/mol. The average molecular weight is 345 g/mol. The Balaban J connectivity index is 2.01. The number of aryl methyl sites for hydroxylation is 2. The second-order valence-electron chi connectivity index (χ2n) is 7.37. The lowest BCUT2D eigenvalue weighted by atomic mass is 9.85. The third kappa shape index (κ3) is 3.60. The molecule has 3 aromatic carbocycles. The van der Waals surface area contributed by atoms with Crippen LogP contribution in [0.5, 0.6) is 0 Å². The molecule has 2 atom stereocenters. The largest absolute Gasteiger partial charge is 0.398 e. The summed E-state index contributed by atoms with van der Waals surface area (Å²) in [5, 5.41) is 0. The quantitative estimate of drug-likeness (QED) is 0.590. The topological polar surface area (TPSA) is 52.0 Å². The number of hydrogen-bond acceptors (Lipinski definition) is 2. The van der Waals surface area contributed by atoms with Crippen LogP contribution in [0.1, 0.15) is 59.1 Å². The standard InChI is InChI=1S/C24H28N2/c1-15-5-9-19(10-6-15)17(3)21-13-22(24(26)14-23(21)25)18(4)20-11-7-16(2)8-12-20/h5-14,17-18H,25-26H2,1-4H3. The van der Waals surface area contributed by atoms with Gasteiger partial charge in [-0.1, -0.05) is 79.6 Å². The van der Waals surface area contributed by atoms with Crippen molar-refractivity contribution in [3.05, 3.63) is 94.0 Å². The van der Waals surface area contributed by atoms with Crippen LogP contribution in [0.4, 0.5) is 11.4 Å². The van der Waals surface area contributed by atoms with Gasteiger partial charge >= 0.3 is 0 Å². The lowest BCUT2D eigenvalue weighted by Gasteiger charge is -2.21. The van der Waals surface area contributed by atoms with E-state index in [1.165, 1.54) is 22.3 Å². The van der Waals surface area contributed by atoms with Crippen LogP contribution in [-0.4, -0.2) is 0 Å². The van der Waals surface area contributed by atoms with E-state index in [4.69, 9.17) is 11.5 Å². The normalized spacial score (nSPS) is 13.4. The minimum atomic E-state index is 0.222. The Hall–Kier alpha value is -2.74. The lowest BCUT2D eigenvalue weighted by molar-refractivity contribution is 0.891. The molecule has 26 heavy (non-hydrogen) atoms. The van der Waals surface area contributed by atoms with Crippen molar-refractivity contribution < 1.29 is 0 Å². The van der Waals surface area contributed by atoms with Crippen LogP contribution in [0.3, 0.4) is 0 Å². The molecule has 0 spiro atoms. The van der Waals surface area contributed by atoms with Gasteiger partial charge in [0, 0.05) is 23.2 Å². The minimum absolute atomic E-state index is 0.222. The average Bonchev–Trinajstić information content (AvgIpc) is 2.62. The predicted octanol–water partition coefficient (Wildman–Crippen LogP) is 5.77. The lowest BCUT2D eigenvalue weighted by Crippen LogP contribution is -2.07. The molecule has 0 aliphatic rings. The molecule has 2 nitrogen and oxygen atoms in total. The molecule has 4 N–H and O–H groups in total. The van der Waals surface area contributed by atoms with Gasteiger partial charge in [0.15, 0.2) is 0 Å². The van der Waals surface area contributed by atoms with Gasteiger partial charge in [0.25, 0.3) is 0 Å². The molecule has 0 amide bonds. The molecule has 0 aromatic heterocycles. The maximum atomic E-state index is 6.34. The van der Waals surface area contributed by atoms with Gasteiger partial charge in [-0.3, -0.25) is 0 Å². The second kappa shape index (κ2) is 7.25. The van der Waals surface area contributed by atoms with Crippen molar-refractivity contribution in [2.75, 3.05) is 11.5 Å². The second-order valence-corrected chi connectivity index (χ2v) is 7.37. The van der Waals surface area contributed by atoms with E-state index in [9.17, 15) is 0 Å². The molecule has 134 valence electrons. The highest BCUT2D eigenvalue weighted by atomic mass is 14.6. The van der Waals surface area contributed by atoms with Crippen LogP contribution in [0.2, 0.25) is 0 Å². The van der Waals surface area contributed by atoms with Gasteiger partial charge in [-0.15, -0.1) is 0 Å². The van der Waals surface area contributed by atoms with E-state index < -0.39 is 0 Å². The zero-order chi connectivity index (χ0) is 18.8. The summed E-state index contributed by atoms with van der Waals surface area (Å²) < 4.78 is 0. The molecule has 0 heterocycles. The Morgan fingerprint density at radius 2 is 0.923 bits per heavy atom. The molecular formula is C24H28N2. The van der Waals surface area contributed by atoms with E-state index in [0.717, 1.165) is 22.5 Å². The summed E-state index contributed by atoms with van der Waals surface area (Å²) in [4.78, 5) is 0. The number of nitrogen functional groups attached to an aromatic ring is 2. The Morgan fingerprint density at radius 3 is 1.27 bits per heavy atom. The maximum Gasteiger partial charge on any atom is 0.0373 e. The summed E-state index contributed by atoms with van der Waals surface area (Å²) in [6.07, 6.45) is 0. The first-order valence-electron chi connectivity index (χ1n) is 9.18. The Kier molecular flexibility index (Phi) is 5.03. The van der Waals surface area contributed by atoms with Gasteiger partial charge in [0.05, 0.1) is 0 Å². The Morgan fingerprint density at radius 1 is 0.577 bits per heavy atom. The molecule has 3 aromatic rings. The van der Waals surface area contributed by atoms with Crippen LogP contribution < -0.4 is 11.5 Å². The first kappa shape index (κ1) is 18.1. The summed E-state index contributed by atoms with van der Waals surface area (Å²) >= 11 is 0. The van der Waals surface area contributed by atoms with Gasteiger partial charge in [-0.2, -0.15) is 0 Å². The van der Waals surface area contributed by atoms with Crippen molar-refractivity contribution >= 4 is 11.4 Å². The van der Waals surface area contributed by atoms with E-state index in [2.05, 4.69) is 82.3 Å². The molecule has 0 saturated carbocycles. The predicted molar refractivity (Wildman–Crippen MR) is 113 cm³/mol. The van der Waals surface area contributed by atoms with Gasteiger partial charge in [-0.25, -0.2) is 0 Å². The summed E-state index contributed by atoms with van der Waals surface area (Å²) in [6, 6.07) is 21.4. The van der Waals surface area contributed by atoms with Crippen molar-refractivity contribution in [1.82, 2.24) is 0 Å². The zero-order valence-electron chi connectivity index (χ0n) is 16.1. The molecule has 0 radical (unpaired) electrons. The van der Waals surface area contributed by atoms with Crippen molar-refractivity contribution in [3.8, 4) is 0 Å². The van der Waals surface area contributed by atoms with Crippen molar-refractivity contribution in [1.29, 1.82) is 0 Å². The van der Waals surface area contributed by atoms with E-state index in [-0.39, 0.29) is 11.8 Å². The monoisotopic (exact) mass is 344 g/mol. The van der Waals surface area contributed by atoms with Crippen LogP contribution in [0, 0.1) is 13.8 Å². The first-order valence-corrected chi connectivity index (χ1v) is 9.18. The number of nitrogens with two attached hydrogens (primary N) is 2. The number of rotatable bonds is 4. The molecule has 0 aliphatic heterocycles. The summed E-state index contributed by atoms with van der Waals surface area (Å²) in [5.74, 6) is 0.445. The van der Waals surface area contributed by atoms with E-state index >= 15 is 0 Å². The fraction of sp³-hybridized carbons (Fsp3) is 0.250. The summed E-state index contributed by atoms with van der Waals surface area (Å²) in [6.45, 7) is 8.61. The van der Waals surface area contributed by atoms with Gasteiger partial charge in [0.1, 0.15) is 0 Å². The van der Waals surface area contributed by atoms with E-state index in [1.54, 1.807) is 0 Å². The Bertz CT molecular complexity index is 820. The van der Waals surface area contributed by atoms with Crippen LogP contribution in [-0.2, 0) is 0 Å². The third-order valence-electron chi connectivity index (χ3n) is 5.38. The number of anilines is 2. The van der Waals surface area contributed by atoms with Crippen molar-refractivity contribution in [3.63, 3.8) is 0 Å². The molecule has 2 heteroatoms.